The Morgan fingerprint density at radius 2 is 2.00 bits per heavy atom. The molecule has 0 aromatic carbocycles. The van der Waals surface area contributed by atoms with Gasteiger partial charge in [0.05, 0.1) is 5.69 Å². The average Bonchev–Trinajstić information content (AvgIpc) is 2.80. The number of nitrogens with zero attached hydrogens (tertiary/aromatic N) is 3. The summed E-state index contributed by atoms with van der Waals surface area (Å²) in [6, 6.07) is 6.16. The second-order valence-electron chi connectivity index (χ2n) is 4.66. The maximum atomic E-state index is 4.78. The highest BCUT2D eigenvalue weighted by Crippen LogP contribution is 2.21. The fourth-order valence-corrected chi connectivity index (χ4v) is 2.36. The Morgan fingerprint density at radius 3 is 2.68 bits per heavy atom. The van der Waals surface area contributed by atoms with Gasteiger partial charge >= 0.3 is 0 Å². The molecule has 0 amide bonds. The first-order valence-electron chi connectivity index (χ1n) is 7.23. The molecular formula is C15H24N4. The molecule has 0 atom stereocenters. The summed E-state index contributed by atoms with van der Waals surface area (Å²) in [6.45, 7) is 10.4. The Kier molecular flexibility index (Phi) is 4.80. The second-order valence-corrected chi connectivity index (χ2v) is 4.66. The molecule has 0 saturated heterocycles. The molecule has 0 bridgehead atoms. The monoisotopic (exact) mass is 260 g/mol. The van der Waals surface area contributed by atoms with Crippen molar-refractivity contribution < 1.29 is 0 Å². The van der Waals surface area contributed by atoms with Crippen LogP contribution in [0.4, 0.5) is 5.82 Å². The van der Waals surface area contributed by atoms with Crippen molar-refractivity contribution >= 4 is 11.5 Å². The van der Waals surface area contributed by atoms with Crippen molar-refractivity contribution in [3.05, 3.63) is 30.1 Å². The van der Waals surface area contributed by atoms with Gasteiger partial charge in [-0.05, 0) is 38.9 Å². The van der Waals surface area contributed by atoms with Crippen LogP contribution in [-0.2, 0) is 6.54 Å². The van der Waals surface area contributed by atoms with Crippen molar-refractivity contribution in [1.29, 1.82) is 0 Å². The van der Waals surface area contributed by atoms with Crippen molar-refractivity contribution in [3.63, 3.8) is 0 Å². The molecule has 0 aliphatic heterocycles. The zero-order chi connectivity index (χ0) is 13.7. The van der Waals surface area contributed by atoms with Crippen LogP contribution in [0.5, 0.6) is 0 Å². The van der Waals surface area contributed by atoms with Crippen LogP contribution in [0.1, 0.15) is 32.9 Å². The Hall–Kier alpha value is -1.55. The van der Waals surface area contributed by atoms with E-state index in [1.54, 1.807) is 0 Å². The van der Waals surface area contributed by atoms with E-state index < -0.39 is 0 Å². The van der Waals surface area contributed by atoms with E-state index in [0.717, 1.165) is 44.1 Å². The molecule has 1 N–H and O–H groups in total. The lowest BCUT2D eigenvalue weighted by molar-refractivity contribution is 0.658. The van der Waals surface area contributed by atoms with Crippen molar-refractivity contribution in [3.8, 4) is 0 Å². The van der Waals surface area contributed by atoms with Crippen molar-refractivity contribution in [2.24, 2.45) is 0 Å². The van der Waals surface area contributed by atoms with Gasteiger partial charge in [0.25, 0.3) is 0 Å². The molecule has 0 spiro atoms. The zero-order valence-corrected chi connectivity index (χ0v) is 12.2. The van der Waals surface area contributed by atoms with Crippen LogP contribution in [0.15, 0.2) is 24.4 Å². The molecule has 2 heterocycles. The highest BCUT2D eigenvalue weighted by atomic mass is 15.2. The third kappa shape index (κ3) is 2.89. The number of hydrogen-bond donors (Lipinski definition) is 1. The number of anilines is 1. The first-order valence-corrected chi connectivity index (χ1v) is 7.23. The molecule has 104 valence electrons. The summed E-state index contributed by atoms with van der Waals surface area (Å²) < 4.78 is 2.19. The summed E-state index contributed by atoms with van der Waals surface area (Å²) in [5, 5.41) is 3.49. The molecule has 4 heteroatoms. The number of rotatable bonds is 7. The van der Waals surface area contributed by atoms with Gasteiger partial charge in [0.2, 0.25) is 0 Å². The highest BCUT2D eigenvalue weighted by Gasteiger charge is 2.15. The minimum atomic E-state index is 0.866. The van der Waals surface area contributed by atoms with E-state index in [-0.39, 0.29) is 0 Å². The predicted molar refractivity (Wildman–Crippen MR) is 80.8 cm³/mol. The molecule has 2 rings (SSSR count). The van der Waals surface area contributed by atoms with Gasteiger partial charge in [0.1, 0.15) is 5.65 Å². The Morgan fingerprint density at radius 1 is 1.21 bits per heavy atom. The summed E-state index contributed by atoms with van der Waals surface area (Å²) >= 11 is 0. The van der Waals surface area contributed by atoms with Gasteiger partial charge in [-0.1, -0.05) is 13.0 Å². The maximum Gasteiger partial charge on any atom is 0.152 e. The van der Waals surface area contributed by atoms with E-state index >= 15 is 0 Å². The van der Waals surface area contributed by atoms with Crippen LogP contribution in [0.3, 0.4) is 0 Å². The van der Waals surface area contributed by atoms with Gasteiger partial charge < -0.3 is 14.6 Å². The summed E-state index contributed by atoms with van der Waals surface area (Å²) in [7, 11) is 0. The van der Waals surface area contributed by atoms with Crippen molar-refractivity contribution in [1.82, 2.24) is 14.7 Å². The van der Waals surface area contributed by atoms with Crippen molar-refractivity contribution in [2.45, 2.75) is 33.7 Å². The number of imidazole rings is 1. The third-order valence-corrected chi connectivity index (χ3v) is 3.39. The van der Waals surface area contributed by atoms with E-state index in [0.29, 0.717) is 0 Å². The number of aromatic nitrogens is 2. The van der Waals surface area contributed by atoms with E-state index in [9.17, 15) is 0 Å². The fraction of sp³-hybridized carbons (Fsp3) is 0.533. The lowest BCUT2D eigenvalue weighted by atomic mass is 10.3. The molecule has 0 unspecified atom stereocenters. The van der Waals surface area contributed by atoms with Crippen molar-refractivity contribution in [2.75, 3.05) is 24.5 Å². The van der Waals surface area contributed by atoms with E-state index in [2.05, 4.69) is 53.7 Å². The molecule has 0 radical (unpaired) electrons. The SMILES string of the molecule is CCCNCc1c(N(CC)CC)nc2ccccn12. The molecule has 0 aliphatic carbocycles. The molecule has 0 aliphatic rings. The molecular weight excluding hydrogens is 236 g/mol. The average molecular weight is 260 g/mol. The highest BCUT2D eigenvalue weighted by molar-refractivity contribution is 5.55. The number of pyridine rings is 1. The van der Waals surface area contributed by atoms with Gasteiger partial charge in [-0.15, -0.1) is 0 Å². The molecule has 0 saturated carbocycles. The second kappa shape index (κ2) is 6.57. The Labute approximate surface area is 115 Å². The van der Waals surface area contributed by atoms with Crippen LogP contribution < -0.4 is 10.2 Å². The number of fused-ring (bicyclic) bond motifs is 1. The fourth-order valence-electron chi connectivity index (χ4n) is 2.36. The predicted octanol–water partition coefficient (Wildman–Crippen LogP) is 2.68. The van der Waals surface area contributed by atoms with Gasteiger partial charge in [-0.25, -0.2) is 4.98 Å². The molecule has 19 heavy (non-hydrogen) atoms. The van der Waals surface area contributed by atoms with E-state index in [4.69, 9.17) is 4.98 Å². The first-order chi connectivity index (χ1) is 9.31. The smallest absolute Gasteiger partial charge is 0.152 e. The molecule has 4 nitrogen and oxygen atoms in total. The summed E-state index contributed by atoms with van der Waals surface area (Å²) in [5.74, 6) is 1.11. The molecule has 2 aromatic rings. The van der Waals surface area contributed by atoms with Crippen LogP contribution in [-0.4, -0.2) is 29.0 Å². The minimum absolute atomic E-state index is 0.866. The van der Waals surface area contributed by atoms with Crippen LogP contribution in [0.25, 0.3) is 5.65 Å². The minimum Gasteiger partial charge on any atom is -0.356 e. The Balaban J connectivity index is 2.39. The third-order valence-electron chi connectivity index (χ3n) is 3.39. The quantitative estimate of drug-likeness (QED) is 0.777. The normalized spacial score (nSPS) is 11.1. The van der Waals surface area contributed by atoms with Gasteiger partial charge in [0, 0.05) is 25.8 Å². The largest absolute Gasteiger partial charge is 0.356 e. The molecule has 0 fully saturated rings. The topological polar surface area (TPSA) is 32.6 Å². The molecule has 2 aromatic heterocycles. The summed E-state index contributed by atoms with van der Waals surface area (Å²) in [5.41, 5.74) is 2.28. The van der Waals surface area contributed by atoms with Crippen LogP contribution in [0.2, 0.25) is 0 Å². The van der Waals surface area contributed by atoms with E-state index in [1.807, 2.05) is 6.07 Å². The lowest BCUT2D eigenvalue weighted by Crippen LogP contribution is -2.25. The standard InChI is InChI=1S/C15H24N4/c1-4-10-16-12-13-15(18(5-2)6-3)17-14-9-7-8-11-19(13)14/h7-9,11,16H,4-6,10,12H2,1-3H3. The number of nitrogens with one attached hydrogen (secondary N) is 1. The maximum absolute atomic E-state index is 4.78. The number of hydrogen-bond acceptors (Lipinski definition) is 3. The summed E-state index contributed by atoms with van der Waals surface area (Å²) in [6.07, 6.45) is 3.25. The van der Waals surface area contributed by atoms with Crippen LogP contribution in [0, 0.1) is 0 Å². The first kappa shape index (κ1) is 13.9. The Bertz CT molecular complexity index is 514. The van der Waals surface area contributed by atoms with Gasteiger partial charge in [0.15, 0.2) is 5.82 Å². The van der Waals surface area contributed by atoms with Gasteiger partial charge in [-0.2, -0.15) is 0 Å². The lowest BCUT2D eigenvalue weighted by Gasteiger charge is -2.20. The van der Waals surface area contributed by atoms with E-state index in [1.165, 1.54) is 5.69 Å². The van der Waals surface area contributed by atoms with Gasteiger partial charge in [-0.3, -0.25) is 0 Å². The zero-order valence-electron chi connectivity index (χ0n) is 12.2. The van der Waals surface area contributed by atoms with Crippen LogP contribution >= 0.6 is 0 Å². The summed E-state index contributed by atoms with van der Waals surface area (Å²) in [4.78, 5) is 7.10.